The number of guanidine groups is 1. The number of nitrogens with one attached hydrogen (secondary N) is 2. The number of nitriles is 1. The van der Waals surface area contributed by atoms with Crippen molar-refractivity contribution in [3.63, 3.8) is 0 Å². The summed E-state index contributed by atoms with van der Waals surface area (Å²) in [6.07, 6.45) is 1.36. The SMILES string of the molecule is CCNC(=NCC(C)C)NCCCc1nn(-c2ccc(F)cc2)c(N)c1C#N.I. The number of aliphatic imine (C=N–C) groups is 1. The van der Waals surface area contributed by atoms with Crippen LogP contribution in [0.15, 0.2) is 29.3 Å². The molecule has 7 nitrogen and oxygen atoms in total. The number of benzene rings is 1. The van der Waals surface area contributed by atoms with Crippen LogP contribution in [0.1, 0.15) is 38.4 Å². The summed E-state index contributed by atoms with van der Waals surface area (Å²) < 4.78 is 14.6. The van der Waals surface area contributed by atoms with Gasteiger partial charge in [-0.05, 0) is 49.9 Å². The topological polar surface area (TPSA) is 104 Å². The molecule has 0 unspecified atom stereocenters. The number of hydrogen-bond acceptors (Lipinski definition) is 4. The lowest BCUT2D eigenvalue weighted by Crippen LogP contribution is -2.38. The van der Waals surface area contributed by atoms with Crippen molar-refractivity contribution in [3.05, 3.63) is 41.3 Å². The van der Waals surface area contributed by atoms with Gasteiger partial charge in [-0.15, -0.1) is 24.0 Å². The number of rotatable bonds is 8. The number of nitrogen functional groups attached to an aromatic ring is 1. The number of aromatic nitrogens is 2. The van der Waals surface area contributed by atoms with Crippen molar-refractivity contribution in [2.75, 3.05) is 25.4 Å². The molecule has 0 atom stereocenters. The maximum absolute atomic E-state index is 13.1. The number of hydrogen-bond donors (Lipinski definition) is 3. The summed E-state index contributed by atoms with van der Waals surface area (Å²) in [6, 6.07) is 7.97. The maximum Gasteiger partial charge on any atom is 0.191 e. The van der Waals surface area contributed by atoms with Gasteiger partial charge in [0.1, 0.15) is 23.3 Å². The van der Waals surface area contributed by atoms with Crippen molar-refractivity contribution >= 4 is 35.8 Å². The Morgan fingerprint density at radius 1 is 1.31 bits per heavy atom. The van der Waals surface area contributed by atoms with Gasteiger partial charge in [-0.1, -0.05) is 13.8 Å². The van der Waals surface area contributed by atoms with Crippen LogP contribution in [0.3, 0.4) is 0 Å². The largest absolute Gasteiger partial charge is 0.382 e. The van der Waals surface area contributed by atoms with Crippen LogP contribution in [-0.4, -0.2) is 35.4 Å². The fraction of sp³-hybridized carbons (Fsp3) is 0.450. The molecule has 1 heterocycles. The molecule has 0 aliphatic rings. The van der Waals surface area contributed by atoms with E-state index >= 15 is 0 Å². The predicted octanol–water partition coefficient (Wildman–Crippen LogP) is 3.23. The molecule has 0 fully saturated rings. The zero-order valence-electron chi connectivity index (χ0n) is 17.1. The second-order valence-electron chi connectivity index (χ2n) is 6.85. The molecule has 2 aromatic rings. The Kier molecular flexibility index (Phi) is 10.4. The molecule has 2 rings (SSSR count). The minimum absolute atomic E-state index is 0. The van der Waals surface area contributed by atoms with E-state index in [-0.39, 0.29) is 35.6 Å². The van der Waals surface area contributed by atoms with Gasteiger partial charge in [0.05, 0.1) is 11.4 Å². The van der Waals surface area contributed by atoms with E-state index in [1.165, 1.54) is 16.8 Å². The van der Waals surface area contributed by atoms with E-state index in [4.69, 9.17) is 5.73 Å². The smallest absolute Gasteiger partial charge is 0.191 e. The molecule has 29 heavy (non-hydrogen) atoms. The van der Waals surface area contributed by atoms with Crippen molar-refractivity contribution in [2.24, 2.45) is 10.9 Å². The van der Waals surface area contributed by atoms with Crippen molar-refractivity contribution in [1.29, 1.82) is 5.26 Å². The average molecular weight is 513 g/mol. The number of nitrogens with two attached hydrogens (primary N) is 1. The fourth-order valence-corrected chi connectivity index (χ4v) is 2.63. The zero-order chi connectivity index (χ0) is 20.5. The molecule has 0 saturated heterocycles. The summed E-state index contributed by atoms with van der Waals surface area (Å²) in [7, 11) is 0. The van der Waals surface area contributed by atoms with Gasteiger partial charge in [-0.25, -0.2) is 9.07 Å². The first kappa shape index (κ1) is 24.7. The zero-order valence-corrected chi connectivity index (χ0v) is 19.4. The van der Waals surface area contributed by atoms with Crippen LogP contribution >= 0.6 is 24.0 Å². The van der Waals surface area contributed by atoms with E-state index in [1.807, 2.05) is 6.92 Å². The first-order valence-electron chi connectivity index (χ1n) is 9.51. The number of aryl methyl sites for hydroxylation is 1. The first-order chi connectivity index (χ1) is 13.5. The number of anilines is 1. The van der Waals surface area contributed by atoms with Gasteiger partial charge in [0.2, 0.25) is 0 Å². The molecule has 0 amide bonds. The van der Waals surface area contributed by atoms with E-state index in [9.17, 15) is 9.65 Å². The Bertz CT molecular complexity index is 838. The Hall–Kier alpha value is -2.35. The third-order valence-corrected chi connectivity index (χ3v) is 4.02. The summed E-state index contributed by atoms with van der Waals surface area (Å²) in [5.41, 5.74) is 7.70. The monoisotopic (exact) mass is 513 g/mol. The van der Waals surface area contributed by atoms with E-state index in [0.717, 1.165) is 25.5 Å². The molecule has 9 heteroatoms. The van der Waals surface area contributed by atoms with E-state index in [2.05, 4.69) is 40.6 Å². The van der Waals surface area contributed by atoms with E-state index in [1.54, 1.807) is 12.1 Å². The van der Waals surface area contributed by atoms with Crippen LogP contribution < -0.4 is 16.4 Å². The van der Waals surface area contributed by atoms with Gasteiger partial charge in [0, 0.05) is 19.6 Å². The standard InChI is InChI=1S/C20H28FN7.HI/c1-4-24-20(26-13-14(2)3)25-11-5-6-18-17(12-22)19(23)28(27-18)16-9-7-15(21)8-10-16;/h7-10,14H,4-6,11,13,23H2,1-3H3,(H2,24,25,26);1H. The lowest BCUT2D eigenvalue weighted by atomic mass is 10.1. The summed E-state index contributed by atoms with van der Waals surface area (Å²) in [6.45, 7) is 8.51. The number of halogens is 2. The molecular weight excluding hydrogens is 484 g/mol. The number of nitrogens with zero attached hydrogens (tertiary/aromatic N) is 4. The van der Waals surface area contributed by atoms with Crippen LogP contribution in [0, 0.1) is 23.1 Å². The Morgan fingerprint density at radius 2 is 2.00 bits per heavy atom. The molecule has 158 valence electrons. The molecule has 0 radical (unpaired) electrons. The van der Waals surface area contributed by atoms with Crippen molar-refractivity contribution in [3.8, 4) is 11.8 Å². The van der Waals surface area contributed by atoms with Crippen molar-refractivity contribution < 1.29 is 4.39 Å². The molecule has 0 aliphatic carbocycles. The van der Waals surface area contributed by atoms with Gasteiger partial charge < -0.3 is 16.4 Å². The van der Waals surface area contributed by atoms with Crippen molar-refractivity contribution in [2.45, 2.75) is 33.6 Å². The Labute approximate surface area is 188 Å². The van der Waals surface area contributed by atoms with E-state index < -0.39 is 0 Å². The van der Waals surface area contributed by atoms with Crippen LogP contribution in [0.5, 0.6) is 0 Å². The lowest BCUT2D eigenvalue weighted by molar-refractivity contribution is 0.627. The summed E-state index contributed by atoms with van der Waals surface area (Å²) in [4.78, 5) is 4.53. The van der Waals surface area contributed by atoms with Gasteiger partial charge in [-0.3, -0.25) is 4.99 Å². The summed E-state index contributed by atoms with van der Waals surface area (Å²) in [5.74, 6) is 1.21. The van der Waals surface area contributed by atoms with Crippen LogP contribution in [0.4, 0.5) is 10.2 Å². The van der Waals surface area contributed by atoms with Crippen LogP contribution in [0.25, 0.3) is 5.69 Å². The Morgan fingerprint density at radius 3 is 2.59 bits per heavy atom. The summed E-state index contributed by atoms with van der Waals surface area (Å²) in [5, 5.41) is 20.4. The van der Waals surface area contributed by atoms with Gasteiger partial charge in [0.15, 0.2) is 5.96 Å². The maximum atomic E-state index is 13.1. The first-order valence-corrected chi connectivity index (χ1v) is 9.51. The molecule has 0 aliphatic heterocycles. The second kappa shape index (κ2) is 12.3. The van der Waals surface area contributed by atoms with Crippen LogP contribution in [0.2, 0.25) is 0 Å². The van der Waals surface area contributed by atoms with Crippen LogP contribution in [-0.2, 0) is 6.42 Å². The highest BCUT2D eigenvalue weighted by atomic mass is 127. The minimum Gasteiger partial charge on any atom is -0.382 e. The molecule has 1 aromatic carbocycles. The third kappa shape index (κ3) is 7.20. The lowest BCUT2D eigenvalue weighted by Gasteiger charge is -2.11. The summed E-state index contributed by atoms with van der Waals surface area (Å²) >= 11 is 0. The van der Waals surface area contributed by atoms with Gasteiger partial charge in [-0.2, -0.15) is 10.4 Å². The Balaban J connectivity index is 0.00000420. The molecular formula is C20H29FIN7. The fourth-order valence-electron chi connectivity index (χ4n) is 2.63. The molecule has 4 N–H and O–H groups in total. The molecule has 0 saturated carbocycles. The molecule has 1 aromatic heterocycles. The molecule has 0 spiro atoms. The van der Waals surface area contributed by atoms with Crippen molar-refractivity contribution in [1.82, 2.24) is 20.4 Å². The predicted molar refractivity (Wildman–Crippen MR) is 125 cm³/mol. The van der Waals surface area contributed by atoms with Gasteiger partial charge in [0.25, 0.3) is 0 Å². The minimum atomic E-state index is -0.336. The normalized spacial score (nSPS) is 11.1. The van der Waals surface area contributed by atoms with Gasteiger partial charge >= 0.3 is 0 Å². The highest BCUT2D eigenvalue weighted by molar-refractivity contribution is 14.0. The average Bonchev–Trinajstić information content (AvgIpc) is 2.99. The second-order valence-corrected chi connectivity index (χ2v) is 6.85. The highest BCUT2D eigenvalue weighted by Crippen LogP contribution is 2.21. The highest BCUT2D eigenvalue weighted by Gasteiger charge is 2.16. The van der Waals surface area contributed by atoms with E-state index in [0.29, 0.717) is 35.8 Å². The molecule has 0 bridgehead atoms. The quantitative estimate of drug-likeness (QED) is 0.218. The third-order valence-electron chi connectivity index (χ3n) is 4.02.